The van der Waals surface area contributed by atoms with Crippen molar-refractivity contribution in [3.8, 4) is 0 Å². The number of benzene rings is 2. The van der Waals surface area contributed by atoms with Gasteiger partial charge in [-0.3, -0.25) is 14.8 Å². The zero-order chi connectivity index (χ0) is 17.9. The molecule has 0 radical (unpaired) electrons. The van der Waals surface area contributed by atoms with E-state index in [0.717, 1.165) is 12.1 Å². The fraction of sp³-hybridized carbons (Fsp3) is 0.0714. The number of hydrogen-bond donors (Lipinski definition) is 1. The van der Waals surface area contributed by atoms with Crippen molar-refractivity contribution in [2.24, 2.45) is 0 Å². The molecule has 0 aliphatic heterocycles. The average molecular weight is 371 g/mol. The van der Waals surface area contributed by atoms with Crippen LogP contribution in [0.25, 0.3) is 0 Å². The first-order chi connectivity index (χ1) is 11.3. The number of esters is 1. The molecule has 0 spiro atoms. The highest BCUT2D eigenvalue weighted by molar-refractivity contribution is 7.92. The minimum Gasteiger partial charge on any atom is -0.465 e. The molecule has 2 aromatic rings. The summed E-state index contributed by atoms with van der Waals surface area (Å²) in [4.78, 5) is 21.2. The first-order valence-electron chi connectivity index (χ1n) is 6.40. The van der Waals surface area contributed by atoms with Crippen LogP contribution in [-0.2, 0) is 14.8 Å². The van der Waals surface area contributed by atoms with Gasteiger partial charge in [0.15, 0.2) is 4.90 Å². The van der Waals surface area contributed by atoms with Gasteiger partial charge < -0.3 is 4.74 Å². The van der Waals surface area contributed by atoms with Gasteiger partial charge in [-0.05, 0) is 24.3 Å². The van der Waals surface area contributed by atoms with Crippen molar-refractivity contribution in [3.05, 3.63) is 63.2 Å². The Morgan fingerprint density at radius 1 is 1.25 bits per heavy atom. The maximum Gasteiger partial charge on any atom is 0.337 e. The molecule has 0 fully saturated rings. The number of carbonyl (C=O) groups is 1. The number of ether oxygens (including phenoxy) is 1. The molecule has 10 heteroatoms. The Bertz CT molecular complexity index is 913. The standard InChI is InChI=1S/C14H11ClN2O6S/c1-23-14(18)9-6-7-10(15)11(8-9)16-24(21,22)13-5-3-2-4-12(13)17(19)20/h2-8,16H,1H3. The normalized spacial score (nSPS) is 10.9. The predicted octanol–water partition coefficient (Wildman–Crippen LogP) is 2.84. The Labute approximate surface area is 142 Å². The summed E-state index contributed by atoms with van der Waals surface area (Å²) in [5.74, 6) is -0.683. The molecule has 0 aromatic heterocycles. The summed E-state index contributed by atoms with van der Waals surface area (Å²) in [6.07, 6.45) is 0. The highest BCUT2D eigenvalue weighted by Gasteiger charge is 2.26. The van der Waals surface area contributed by atoms with E-state index in [-0.39, 0.29) is 16.3 Å². The quantitative estimate of drug-likeness (QED) is 0.491. The molecule has 24 heavy (non-hydrogen) atoms. The molecule has 0 bridgehead atoms. The summed E-state index contributed by atoms with van der Waals surface area (Å²) in [7, 11) is -3.11. The van der Waals surface area contributed by atoms with E-state index < -0.39 is 31.5 Å². The first-order valence-corrected chi connectivity index (χ1v) is 8.26. The third-order valence-corrected chi connectivity index (χ3v) is 4.73. The van der Waals surface area contributed by atoms with Crippen molar-refractivity contribution in [3.63, 3.8) is 0 Å². The average Bonchev–Trinajstić information content (AvgIpc) is 2.56. The number of rotatable bonds is 5. The minimum absolute atomic E-state index is 0.0183. The van der Waals surface area contributed by atoms with Crippen molar-refractivity contribution in [2.75, 3.05) is 11.8 Å². The Morgan fingerprint density at radius 3 is 2.54 bits per heavy atom. The molecule has 0 saturated carbocycles. The summed E-state index contributed by atoms with van der Waals surface area (Å²) in [6, 6.07) is 8.72. The number of methoxy groups -OCH3 is 1. The molecule has 0 aliphatic carbocycles. The number of nitro benzene ring substituents is 1. The minimum atomic E-state index is -4.29. The zero-order valence-corrected chi connectivity index (χ0v) is 13.8. The van der Waals surface area contributed by atoms with Crippen LogP contribution in [0.4, 0.5) is 11.4 Å². The first kappa shape index (κ1) is 17.7. The lowest BCUT2D eigenvalue weighted by Crippen LogP contribution is -2.15. The monoisotopic (exact) mass is 370 g/mol. The second kappa shape index (κ2) is 6.85. The van der Waals surface area contributed by atoms with Gasteiger partial charge in [0.2, 0.25) is 0 Å². The number of halogens is 1. The van der Waals surface area contributed by atoms with Crippen molar-refractivity contribution in [1.82, 2.24) is 0 Å². The van der Waals surface area contributed by atoms with Crippen LogP contribution in [0.5, 0.6) is 0 Å². The van der Waals surface area contributed by atoms with Crippen LogP contribution < -0.4 is 4.72 Å². The van der Waals surface area contributed by atoms with Gasteiger partial charge in [-0.1, -0.05) is 23.7 Å². The fourth-order valence-electron chi connectivity index (χ4n) is 1.88. The number of para-hydroxylation sites is 1. The predicted molar refractivity (Wildman–Crippen MR) is 86.7 cm³/mol. The molecule has 2 rings (SSSR count). The summed E-state index contributed by atoms with van der Waals surface area (Å²) >= 11 is 5.93. The highest BCUT2D eigenvalue weighted by Crippen LogP contribution is 2.29. The second-order valence-corrected chi connectivity index (χ2v) is 6.57. The van der Waals surface area contributed by atoms with Crippen LogP contribution in [0.15, 0.2) is 47.4 Å². The molecule has 0 amide bonds. The van der Waals surface area contributed by atoms with Gasteiger partial charge in [0.05, 0.1) is 28.3 Å². The summed E-state index contributed by atoms with van der Waals surface area (Å²) < 4.78 is 31.6. The van der Waals surface area contributed by atoms with Crippen molar-refractivity contribution in [1.29, 1.82) is 0 Å². The molecule has 2 aromatic carbocycles. The van der Waals surface area contributed by atoms with Crippen LogP contribution in [0.1, 0.15) is 10.4 Å². The maximum atomic E-state index is 12.4. The highest BCUT2D eigenvalue weighted by atomic mass is 35.5. The lowest BCUT2D eigenvalue weighted by molar-refractivity contribution is -0.387. The lowest BCUT2D eigenvalue weighted by atomic mass is 10.2. The Hall–Kier alpha value is -2.65. The number of hydrogen-bond acceptors (Lipinski definition) is 6. The van der Waals surface area contributed by atoms with Crippen LogP contribution in [0, 0.1) is 10.1 Å². The van der Waals surface area contributed by atoms with E-state index in [1.165, 1.54) is 37.4 Å². The van der Waals surface area contributed by atoms with E-state index in [0.29, 0.717) is 0 Å². The van der Waals surface area contributed by atoms with Gasteiger partial charge >= 0.3 is 5.97 Å². The summed E-state index contributed by atoms with van der Waals surface area (Å²) in [5.41, 5.74) is -0.606. The SMILES string of the molecule is COC(=O)c1ccc(Cl)c(NS(=O)(=O)c2ccccc2[N+](=O)[O-])c1. The lowest BCUT2D eigenvalue weighted by Gasteiger charge is -2.11. The number of nitrogens with zero attached hydrogens (tertiary/aromatic N) is 1. The molecule has 0 saturated heterocycles. The van der Waals surface area contributed by atoms with Gasteiger partial charge in [-0.15, -0.1) is 0 Å². The molecule has 126 valence electrons. The number of sulfonamides is 1. The zero-order valence-electron chi connectivity index (χ0n) is 12.2. The topological polar surface area (TPSA) is 116 Å². The maximum absolute atomic E-state index is 12.4. The number of nitrogens with one attached hydrogen (secondary N) is 1. The van der Waals surface area contributed by atoms with E-state index in [9.17, 15) is 23.3 Å². The van der Waals surface area contributed by atoms with E-state index in [1.54, 1.807) is 0 Å². The largest absolute Gasteiger partial charge is 0.465 e. The Balaban J connectivity index is 2.47. The molecule has 1 N–H and O–H groups in total. The molecule has 0 atom stereocenters. The molecule has 0 aliphatic rings. The van der Waals surface area contributed by atoms with Crippen LogP contribution in [-0.4, -0.2) is 26.4 Å². The molecule has 8 nitrogen and oxygen atoms in total. The number of carbonyl (C=O) groups excluding carboxylic acids is 1. The van der Waals surface area contributed by atoms with E-state index in [1.807, 2.05) is 0 Å². The number of anilines is 1. The van der Waals surface area contributed by atoms with Crippen molar-refractivity contribution < 1.29 is 22.9 Å². The summed E-state index contributed by atoms with van der Waals surface area (Å²) in [6.45, 7) is 0. The van der Waals surface area contributed by atoms with Gasteiger partial charge in [0.25, 0.3) is 15.7 Å². The van der Waals surface area contributed by atoms with Gasteiger partial charge in [0.1, 0.15) is 0 Å². The van der Waals surface area contributed by atoms with E-state index >= 15 is 0 Å². The van der Waals surface area contributed by atoms with E-state index in [4.69, 9.17) is 11.6 Å². The van der Waals surface area contributed by atoms with Gasteiger partial charge in [-0.2, -0.15) is 0 Å². The Kier molecular flexibility index (Phi) is 5.05. The van der Waals surface area contributed by atoms with Crippen LogP contribution in [0.3, 0.4) is 0 Å². The molecule has 0 unspecified atom stereocenters. The Morgan fingerprint density at radius 2 is 1.92 bits per heavy atom. The summed E-state index contributed by atoms with van der Waals surface area (Å²) in [5, 5.41) is 11.0. The molecular formula is C14H11ClN2O6S. The van der Waals surface area contributed by atoms with Crippen molar-refractivity contribution in [2.45, 2.75) is 4.90 Å². The number of nitro groups is 1. The van der Waals surface area contributed by atoms with Crippen molar-refractivity contribution >= 4 is 39.0 Å². The molecular weight excluding hydrogens is 360 g/mol. The second-order valence-electron chi connectivity index (χ2n) is 4.52. The van der Waals surface area contributed by atoms with Gasteiger partial charge in [0, 0.05) is 6.07 Å². The van der Waals surface area contributed by atoms with Crippen LogP contribution in [0.2, 0.25) is 5.02 Å². The third kappa shape index (κ3) is 3.63. The fourth-order valence-corrected chi connectivity index (χ4v) is 3.35. The van der Waals surface area contributed by atoms with E-state index in [2.05, 4.69) is 9.46 Å². The van der Waals surface area contributed by atoms with Crippen LogP contribution >= 0.6 is 11.6 Å². The smallest absolute Gasteiger partial charge is 0.337 e. The molecule has 0 heterocycles. The van der Waals surface area contributed by atoms with Gasteiger partial charge in [-0.25, -0.2) is 13.2 Å². The third-order valence-electron chi connectivity index (χ3n) is 2.98.